The molecule has 1 saturated carbocycles. The van der Waals surface area contributed by atoms with Crippen LogP contribution < -0.4 is 5.32 Å². The van der Waals surface area contributed by atoms with Crippen LogP contribution in [-0.4, -0.2) is 40.0 Å². The summed E-state index contributed by atoms with van der Waals surface area (Å²) in [5.41, 5.74) is 0. The SMILES string of the molecule is CN(CC(=O)NC1CCCC1)Cc1ncc(Cl)n1C. The van der Waals surface area contributed by atoms with Gasteiger partial charge in [-0.2, -0.15) is 0 Å². The zero-order valence-corrected chi connectivity index (χ0v) is 12.3. The molecule has 19 heavy (non-hydrogen) atoms. The van der Waals surface area contributed by atoms with Crippen molar-refractivity contribution in [2.75, 3.05) is 13.6 Å². The van der Waals surface area contributed by atoms with Gasteiger partial charge in [0, 0.05) is 13.1 Å². The smallest absolute Gasteiger partial charge is 0.234 e. The highest BCUT2D eigenvalue weighted by atomic mass is 35.5. The molecule has 1 aromatic heterocycles. The minimum atomic E-state index is 0.0923. The first kappa shape index (κ1) is 14.3. The fourth-order valence-corrected chi connectivity index (χ4v) is 2.60. The lowest BCUT2D eigenvalue weighted by Gasteiger charge is -2.18. The van der Waals surface area contributed by atoms with Crippen molar-refractivity contribution in [1.29, 1.82) is 0 Å². The van der Waals surface area contributed by atoms with Crippen molar-refractivity contribution < 1.29 is 4.79 Å². The molecule has 6 heteroatoms. The molecule has 106 valence electrons. The number of carbonyl (C=O) groups excluding carboxylic acids is 1. The van der Waals surface area contributed by atoms with Gasteiger partial charge in [-0.25, -0.2) is 4.98 Å². The normalized spacial score (nSPS) is 16.2. The maximum Gasteiger partial charge on any atom is 0.234 e. The van der Waals surface area contributed by atoms with Crippen LogP contribution >= 0.6 is 11.6 Å². The van der Waals surface area contributed by atoms with E-state index in [1.54, 1.807) is 6.20 Å². The van der Waals surface area contributed by atoms with Crippen molar-refractivity contribution in [1.82, 2.24) is 19.8 Å². The van der Waals surface area contributed by atoms with Crippen molar-refractivity contribution in [3.05, 3.63) is 17.2 Å². The zero-order valence-electron chi connectivity index (χ0n) is 11.5. The van der Waals surface area contributed by atoms with Gasteiger partial charge in [-0.1, -0.05) is 24.4 Å². The summed E-state index contributed by atoms with van der Waals surface area (Å²) < 4.78 is 1.83. The van der Waals surface area contributed by atoms with E-state index in [1.807, 2.05) is 23.6 Å². The lowest BCUT2D eigenvalue weighted by atomic mass is 10.2. The molecule has 0 radical (unpaired) electrons. The molecule has 5 nitrogen and oxygen atoms in total. The minimum Gasteiger partial charge on any atom is -0.352 e. The van der Waals surface area contributed by atoms with Gasteiger partial charge >= 0.3 is 0 Å². The summed E-state index contributed by atoms with van der Waals surface area (Å²) in [5.74, 6) is 0.955. The number of imidazole rings is 1. The van der Waals surface area contributed by atoms with E-state index in [0.717, 1.165) is 18.7 Å². The molecule has 2 rings (SSSR count). The Morgan fingerprint density at radius 1 is 1.58 bits per heavy atom. The van der Waals surface area contributed by atoms with E-state index >= 15 is 0 Å². The van der Waals surface area contributed by atoms with Crippen LogP contribution in [0.1, 0.15) is 31.5 Å². The third-order valence-electron chi connectivity index (χ3n) is 3.57. The fourth-order valence-electron chi connectivity index (χ4n) is 2.46. The number of likely N-dealkylation sites (N-methyl/N-ethyl adjacent to an activating group) is 1. The van der Waals surface area contributed by atoms with Crippen LogP contribution in [0.25, 0.3) is 0 Å². The van der Waals surface area contributed by atoms with Gasteiger partial charge in [0.25, 0.3) is 0 Å². The fraction of sp³-hybridized carbons (Fsp3) is 0.692. The van der Waals surface area contributed by atoms with E-state index in [4.69, 9.17) is 11.6 Å². The van der Waals surface area contributed by atoms with Gasteiger partial charge in [-0.3, -0.25) is 9.69 Å². The lowest BCUT2D eigenvalue weighted by Crippen LogP contribution is -2.39. The molecule has 0 aromatic carbocycles. The molecule has 1 N–H and O–H groups in total. The number of aromatic nitrogens is 2. The second kappa shape index (κ2) is 6.39. The molecule has 0 saturated heterocycles. The van der Waals surface area contributed by atoms with Gasteiger partial charge in [0.15, 0.2) is 0 Å². The number of nitrogens with zero attached hydrogens (tertiary/aromatic N) is 3. The van der Waals surface area contributed by atoms with Crippen molar-refractivity contribution in [3.63, 3.8) is 0 Å². The Morgan fingerprint density at radius 3 is 2.84 bits per heavy atom. The second-order valence-corrected chi connectivity index (χ2v) is 5.66. The lowest BCUT2D eigenvalue weighted by molar-refractivity contribution is -0.122. The summed E-state index contributed by atoms with van der Waals surface area (Å²) in [5, 5.41) is 3.69. The Kier molecular flexibility index (Phi) is 4.82. The van der Waals surface area contributed by atoms with E-state index in [2.05, 4.69) is 10.3 Å². The van der Waals surface area contributed by atoms with Gasteiger partial charge in [0.2, 0.25) is 5.91 Å². The largest absolute Gasteiger partial charge is 0.352 e. The van der Waals surface area contributed by atoms with Crippen molar-refractivity contribution >= 4 is 17.5 Å². The molecule has 0 bridgehead atoms. The topological polar surface area (TPSA) is 50.2 Å². The predicted molar refractivity (Wildman–Crippen MR) is 75.0 cm³/mol. The number of rotatable bonds is 5. The highest BCUT2D eigenvalue weighted by molar-refractivity contribution is 6.29. The molecular formula is C13H21ClN4O. The van der Waals surface area contributed by atoms with Gasteiger partial charge < -0.3 is 9.88 Å². The first-order valence-corrected chi connectivity index (χ1v) is 7.08. The second-order valence-electron chi connectivity index (χ2n) is 5.28. The summed E-state index contributed by atoms with van der Waals surface area (Å²) in [6, 6.07) is 0.378. The third-order valence-corrected chi connectivity index (χ3v) is 3.92. The van der Waals surface area contributed by atoms with Crippen LogP contribution in [0.3, 0.4) is 0 Å². The maximum atomic E-state index is 11.9. The van der Waals surface area contributed by atoms with Gasteiger partial charge in [-0.15, -0.1) is 0 Å². The molecule has 1 aliphatic rings. The van der Waals surface area contributed by atoms with E-state index in [9.17, 15) is 4.79 Å². The number of halogens is 1. The zero-order chi connectivity index (χ0) is 13.8. The van der Waals surface area contributed by atoms with E-state index in [1.165, 1.54) is 12.8 Å². The molecule has 1 heterocycles. The van der Waals surface area contributed by atoms with E-state index in [-0.39, 0.29) is 5.91 Å². The number of carbonyl (C=O) groups is 1. The molecule has 0 unspecified atom stereocenters. The molecular weight excluding hydrogens is 264 g/mol. The van der Waals surface area contributed by atoms with E-state index < -0.39 is 0 Å². The highest BCUT2D eigenvalue weighted by Gasteiger charge is 2.18. The molecule has 1 aliphatic carbocycles. The van der Waals surface area contributed by atoms with Crippen LogP contribution in [0.4, 0.5) is 0 Å². The maximum absolute atomic E-state index is 11.9. The molecule has 1 aromatic rings. The van der Waals surface area contributed by atoms with Crippen molar-refractivity contribution in [2.45, 2.75) is 38.3 Å². The standard InChI is InChI=1S/C13H21ClN4O/c1-17(8-12-15-7-11(14)18(12)2)9-13(19)16-10-5-3-4-6-10/h7,10H,3-6,8-9H2,1-2H3,(H,16,19). The molecule has 1 fully saturated rings. The monoisotopic (exact) mass is 284 g/mol. The van der Waals surface area contributed by atoms with Crippen LogP contribution in [0, 0.1) is 0 Å². The highest BCUT2D eigenvalue weighted by Crippen LogP contribution is 2.17. The van der Waals surface area contributed by atoms with Gasteiger partial charge in [0.1, 0.15) is 11.0 Å². The average Bonchev–Trinajstić information content (AvgIpc) is 2.94. The summed E-state index contributed by atoms with van der Waals surface area (Å²) in [4.78, 5) is 18.1. The third kappa shape index (κ3) is 3.94. The number of nitrogens with one attached hydrogen (secondary N) is 1. The first-order chi connectivity index (χ1) is 9.06. The van der Waals surface area contributed by atoms with Crippen LogP contribution in [0.15, 0.2) is 6.20 Å². The Bertz CT molecular complexity index is 440. The summed E-state index contributed by atoms with van der Waals surface area (Å²) >= 11 is 5.93. The first-order valence-electron chi connectivity index (χ1n) is 6.70. The Morgan fingerprint density at radius 2 is 2.26 bits per heavy atom. The Hall–Kier alpha value is -1.07. The number of hydrogen-bond acceptors (Lipinski definition) is 3. The van der Waals surface area contributed by atoms with Crippen LogP contribution in [-0.2, 0) is 18.4 Å². The van der Waals surface area contributed by atoms with Crippen molar-refractivity contribution in [3.8, 4) is 0 Å². The summed E-state index contributed by atoms with van der Waals surface area (Å²) in [7, 11) is 3.79. The van der Waals surface area contributed by atoms with Crippen LogP contribution in [0.2, 0.25) is 5.15 Å². The predicted octanol–water partition coefficient (Wildman–Crippen LogP) is 1.56. The van der Waals surface area contributed by atoms with Gasteiger partial charge in [-0.05, 0) is 19.9 Å². The Balaban J connectivity index is 1.78. The Labute approximate surface area is 118 Å². The van der Waals surface area contributed by atoms with Crippen LogP contribution in [0.5, 0.6) is 0 Å². The van der Waals surface area contributed by atoms with E-state index in [0.29, 0.717) is 24.3 Å². The molecule has 0 atom stereocenters. The quantitative estimate of drug-likeness (QED) is 0.893. The summed E-state index contributed by atoms with van der Waals surface area (Å²) in [6.07, 6.45) is 6.32. The molecule has 0 aliphatic heterocycles. The number of amides is 1. The van der Waals surface area contributed by atoms with Crippen molar-refractivity contribution in [2.24, 2.45) is 7.05 Å². The minimum absolute atomic E-state index is 0.0923. The average molecular weight is 285 g/mol. The molecule has 1 amide bonds. The summed E-state index contributed by atoms with van der Waals surface area (Å²) in [6.45, 7) is 1.00. The molecule has 0 spiro atoms. The number of hydrogen-bond donors (Lipinski definition) is 1. The van der Waals surface area contributed by atoms with Gasteiger partial charge in [0.05, 0.1) is 19.3 Å².